The van der Waals surface area contributed by atoms with Crippen molar-refractivity contribution in [2.75, 3.05) is 6.54 Å². The number of hydrogen-bond donors (Lipinski definition) is 2. The van der Waals surface area contributed by atoms with Gasteiger partial charge < -0.3 is 14.4 Å². The summed E-state index contributed by atoms with van der Waals surface area (Å²) in [6.07, 6.45) is 3.64. The molecule has 2 N–H and O–H groups in total. The van der Waals surface area contributed by atoms with Gasteiger partial charge in [-0.3, -0.25) is 0 Å². The summed E-state index contributed by atoms with van der Waals surface area (Å²) in [5, 5.41) is 12.0. The van der Waals surface area contributed by atoms with Gasteiger partial charge in [0.1, 0.15) is 17.3 Å². The van der Waals surface area contributed by atoms with E-state index in [1.165, 1.54) is 35.5 Å². The van der Waals surface area contributed by atoms with Crippen molar-refractivity contribution in [3.8, 4) is 16.3 Å². The van der Waals surface area contributed by atoms with Crippen molar-refractivity contribution >= 4 is 32.5 Å². The van der Waals surface area contributed by atoms with Gasteiger partial charge in [0, 0.05) is 5.39 Å². The summed E-state index contributed by atoms with van der Waals surface area (Å²) < 4.78 is 6.81. The van der Waals surface area contributed by atoms with Crippen LogP contribution in [0.15, 0.2) is 51.7 Å². The average Bonchev–Trinajstić information content (AvgIpc) is 3.15. The highest BCUT2D eigenvalue weighted by Gasteiger charge is 2.25. The average molecular weight is 408 g/mol. The molecule has 29 heavy (non-hydrogen) atoms. The Bertz CT molecular complexity index is 1230. The summed E-state index contributed by atoms with van der Waals surface area (Å²) in [6, 6.07) is 13.7. The lowest BCUT2D eigenvalue weighted by atomic mass is 10.0. The van der Waals surface area contributed by atoms with Crippen LogP contribution in [-0.2, 0) is 6.54 Å². The van der Waals surface area contributed by atoms with E-state index in [1.54, 1.807) is 6.07 Å². The highest BCUT2D eigenvalue weighted by atomic mass is 32.1. The number of fused-ring (bicyclic) bond motifs is 2. The van der Waals surface area contributed by atoms with Crippen LogP contribution in [0.25, 0.3) is 31.8 Å². The van der Waals surface area contributed by atoms with E-state index >= 15 is 0 Å². The van der Waals surface area contributed by atoms with Crippen LogP contribution in [0.3, 0.4) is 0 Å². The van der Waals surface area contributed by atoms with Crippen molar-refractivity contribution in [1.82, 2.24) is 4.98 Å². The van der Waals surface area contributed by atoms with Crippen molar-refractivity contribution < 1.29 is 14.4 Å². The van der Waals surface area contributed by atoms with Crippen LogP contribution in [-0.4, -0.2) is 22.7 Å². The molecule has 1 unspecified atom stereocenters. The zero-order chi connectivity index (χ0) is 20.0. The Morgan fingerprint density at radius 3 is 2.93 bits per heavy atom. The Balaban J connectivity index is 1.60. The number of quaternary nitrogens is 1. The van der Waals surface area contributed by atoms with Crippen LogP contribution in [0.2, 0.25) is 0 Å². The SMILES string of the molecule is C[C@H]1CCCC[NH+]1Cc1c(O)ccc2cc(-c3nc4ccccc4s3)c(=O)oc12. The number of piperidine rings is 1. The Labute approximate surface area is 172 Å². The maximum absolute atomic E-state index is 12.8. The predicted molar refractivity (Wildman–Crippen MR) is 116 cm³/mol. The number of likely N-dealkylation sites (tertiary alicyclic amines) is 1. The first-order valence-electron chi connectivity index (χ1n) is 10.1. The van der Waals surface area contributed by atoms with E-state index in [0.29, 0.717) is 28.7 Å². The number of benzene rings is 2. The fourth-order valence-corrected chi connectivity index (χ4v) is 5.25. The minimum Gasteiger partial charge on any atom is -0.507 e. The number of nitrogens with zero attached hydrogens (tertiary/aromatic N) is 1. The number of para-hydroxylation sites is 1. The summed E-state index contributed by atoms with van der Waals surface area (Å²) in [4.78, 5) is 18.9. The monoisotopic (exact) mass is 407 g/mol. The largest absolute Gasteiger partial charge is 0.507 e. The fraction of sp³-hybridized carbons (Fsp3) is 0.304. The van der Waals surface area contributed by atoms with Gasteiger partial charge in [-0.25, -0.2) is 9.78 Å². The van der Waals surface area contributed by atoms with Gasteiger partial charge >= 0.3 is 5.63 Å². The van der Waals surface area contributed by atoms with E-state index < -0.39 is 5.63 Å². The summed E-state index contributed by atoms with van der Waals surface area (Å²) in [6.45, 7) is 3.98. The molecule has 1 aliphatic heterocycles. The molecule has 1 aliphatic rings. The molecular weight excluding hydrogens is 384 g/mol. The van der Waals surface area contributed by atoms with Gasteiger partial charge in [0.2, 0.25) is 0 Å². The van der Waals surface area contributed by atoms with Gasteiger partial charge in [-0.15, -0.1) is 11.3 Å². The lowest BCUT2D eigenvalue weighted by molar-refractivity contribution is -0.941. The van der Waals surface area contributed by atoms with Crippen LogP contribution in [0, 0.1) is 0 Å². The normalized spacial score (nSPS) is 19.8. The van der Waals surface area contributed by atoms with E-state index in [1.807, 2.05) is 36.4 Å². The van der Waals surface area contributed by atoms with Crippen molar-refractivity contribution in [3.05, 3.63) is 58.4 Å². The van der Waals surface area contributed by atoms with E-state index in [4.69, 9.17) is 4.42 Å². The van der Waals surface area contributed by atoms with E-state index in [-0.39, 0.29) is 5.75 Å². The second-order valence-corrected chi connectivity index (χ2v) is 8.93. The van der Waals surface area contributed by atoms with Crippen LogP contribution < -0.4 is 10.5 Å². The van der Waals surface area contributed by atoms with Gasteiger partial charge in [-0.2, -0.15) is 0 Å². The molecule has 0 amide bonds. The number of phenolic OH excluding ortho intramolecular Hbond substituents is 1. The molecule has 0 radical (unpaired) electrons. The third-order valence-electron chi connectivity index (χ3n) is 5.99. The number of rotatable bonds is 3. The second-order valence-electron chi connectivity index (χ2n) is 7.90. The summed E-state index contributed by atoms with van der Waals surface area (Å²) >= 11 is 1.48. The van der Waals surface area contributed by atoms with Gasteiger partial charge in [0.15, 0.2) is 5.58 Å². The van der Waals surface area contributed by atoms with E-state index in [0.717, 1.165) is 27.7 Å². The third-order valence-corrected chi connectivity index (χ3v) is 7.06. The Kier molecular flexibility index (Phi) is 4.60. The molecule has 0 saturated carbocycles. The molecule has 5 nitrogen and oxygen atoms in total. The van der Waals surface area contributed by atoms with Crippen molar-refractivity contribution in [2.24, 2.45) is 0 Å². The Morgan fingerprint density at radius 1 is 1.24 bits per heavy atom. The molecule has 2 atom stereocenters. The van der Waals surface area contributed by atoms with Crippen LogP contribution in [0.5, 0.6) is 5.75 Å². The molecule has 0 bridgehead atoms. The first-order chi connectivity index (χ1) is 14.1. The maximum Gasteiger partial charge on any atom is 0.346 e. The molecule has 5 rings (SSSR count). The van der Waals surface area contributed by atoms with Crippen molar-refractivity contribution in [3.63, 3.8) is 0 Å². The number of hydrogen-bond acceptors (Lipinski definition) is 5. The first-order valence-corrected chi connectivity index (χ1v) is 10.9. The van der Waals surface area contributed by atoms with Crippen LogP contribution >= 0.6 is 11.3 Å². The zero-order valence-corrected chi connectivity index (χ0v) is 17.1. The van der Waals surface area contributed by atoms with Crippen LogP contribution in [0.4, 0.5) is 0 Å². The minimum absolute atomic E-state index is 0.193. The number of aromatic hydroxyl groups is 1. The Morgan fingerprint density at radius 2 is 2.10 bits per heavy atom. The molecular formula is C23H23N2O3S+. The molecule has 1 fully saturated rings. The highest BCUT2D eigenvalue weighted by Crippen LogP contribution is 2.32. The number of phenols is 1. The lowest BCUT2D eigenvalue weighted by Gasteiger charge is -2.30. The van der Waals surface area contributed by atoms with Crippen molar-refractivity contribution in [2.45, 2.75) is 38.8 Å². The number of nitrogens with one attached hydrogen (secondary N) is 1. The van der Waals surface area contributed by atoms with Gasteiger partial charge in [0.25, 0.3) is 0 Å². The molecule has 0 spiro atoms. The molecule has 6 heteroatoms. The maximum atomic E-state index is 12.8. The van der Waals surface area contributed by atoms with Gasteiger partial charge in [-0.1, -0.05) is 12.1 Å². The van der Waals surface area contributed by atoms with Crippen LogP contribution in [0.1, 0.15) is 31.7 Å². The van der Waals surface area contributed by atoms with E-state index in [9.17, 15) is 9.90 Å². The number of thiazole rings is 1. The highest BCUT2D eigenvalue weighted by molar-refractivity contribution is 7.21. The summed E-state index contributed by atoms with van der Waals surface area (Å²) in [5.74, 6) is 0.193. The molecule has 148 valence electrons. The molecule has 3 heterocycles. The third kappa shape index (κ3) is 3.32. The smallest absolute Gasteiger partial charge is 0.346 e. The van der Waals surface area contributed by atoms with Gasteiger partial charge in [-0.05, 0) is 56.5 Å². The standard InChI is InChI=1S/C23H22N2O3S/c1-14-6-4-5-11-25(14)13-17-19(26)10-9-15-12-16(23(27)28-21(15)17)22-24-18-7-2-3-8-20(18)29-22/h2-3,7-10,12,14,26H,4-6,11,13H2,1H3/p+1/t14-/m0/s1. The van der Waals surface area contributed by atoms with Crippen molar-refractivity contribution in [1.29, 1.82) is 0 Å². The summed E-state index contributed by atoms with van der Waals surface area (Å²) in [7, 11) is 0. The van der Waals surface area contributed by atoms with E-state index in [2.05, 4.69) is 11.9 Å². The fourth-order valence-electron chi connectivity index (χ4n) is 4.28. The predicted octanol–water partition coefficient (Wildman–Crippen LogP) is 3.73. The summed E-state index contributed by atoms with van der Waals surface area (Å²) in [5.41, 5.74) is 2.14. The molecule has 2 aromatic heterocycles. The zero-order valence-electron chi connectivity index (χ0n) is 16.3. The second kappa shape index (κ2) is 7.28. The quantitative estimate of drug-likeness (QED) is 0.508. The molecule has 1 saturated heterocycles. The molecule has 2 aromatic carbocycles. The topological polar surface area (TPSA) is 67.8 Å². The molecule has 4 aromatic rings. The number of aromatic nitrogens is 1. The Hall–Kier alpha value is -2.70. The lowest BCUT2D eigenvalue weighted by Crippen LogP contribution is -3.14. The minimum atomic E-state index is -0.412. The molecule has 0 aliphatic carbocycles. The van der Waals surface area contributed by atoms with Gasteiger partial charge in [0.05, 0.1) is 33.9 Å². The first kappa shape index (κ1) is 18.3.